The van der Waals surface area contributed by atoms with Gasteiger partial charge in [0.15, 0.2) is 0 Å². The number of hydrogen-bond acceptors (Lipinski definition) is 2. The number of hydrogen-bond donors (Lipinski definition) is 1. The SMILES string of the molecule is CCc1occc1C(O)c1ccc(F)c(C)c1. The molecule has 0 amide bonds. The highest BCUT2D eigenvalue weighted by atomic mass is 19.1. The molecule has 0 aliphatic carbocycles. The molecule has 1 aromatic carbocycles. The van der Waals surface area contributed by atoms with E-state index in [1.54, 1.807) is 31.4 Å². The van der Waals surface area contributed by atoms with Gasteiger partial charge >= 0.3 is 0 Å². The Hall–Kier alpha value is -1.61. The van der Waals surface area contributed by atoms with Crippen LogP contribution in [0.25, 0.3) is 0 Å². The van der Waals surface area contributed by atoms with Gasteiger partial charge in [-0.25, -0.2) is 4.39 Å². The maximum Gasteiger partial charge on any atom is 0.126 e. The van der Waals surface area contributed by atoms with Crippen molar-refractivity contribution in [3.8, 4) is 0 Å². The fraction of sp³-hybridized carbons (Fsp3) is 0.286. The molecular formula is C14H15FO2. The Balaban J connectivity index is 2.36. The Labute approximate surface area is 99.7 Å². The van der Waals surface area contributed by atoms with E-state index in [1.165, 1.54) is 6.07 Å². The largest absolute Gasteiger partial charge is 0.469 e. The van der Waals surface area contributed by atoms with E-state index in [-0.39, 0.29) is 5.82 Å². The topological polar surface area (TPSA) is 33.4 Å². The van der Waals surface area contributed by atoms with Crippen LogP contribution in [-0.2, 0) is 6.42 Å². The van der Waals surface area contributed by atoms with Gasteiger partial charge in [0.1, 0.15) is 17.7 Å². The van der Waals surface area contributed by atoms with Gasteiger partial charge in [-0.1, -0.05) is 19.1 Å². The smallest absolute Gasteiger partial charge is 0.126 e. The van der Waals surface area contributed by atoms with Crippen LogP contribution in [0.2, 0.25) is 0 Å². The number of halogens is 1. The fourth-order valence-corrected chi connectivity index (χ4v) is 1.90. The molecule has 0 spiro atoms. The lowest BCUT2D eigenvalue weighted by atomic mass is 9.99. The quantitative estimate of drug-likeness (QED) is 0.883. The predicted molar refractivity (Wildman–Crippen MR) is 63.3 cm³/mol. The third kappa shape index (κ3) is 2.24. The zero-order chi connectivity index (χ0) is 12.4. The summed E-state index contributed by atoms with van der Waals surface area (Å²) < 4.78 is 18.4. The van der Waals surface area contributed by atoms with Gasteiger partial charge in [0.2, 0.25) is 0 Å². The summed E-state index contributed by atoms with van der Waals surface area (Å²) in [5.74, 6) is 0.503. The van der Waals surface area contributed by atoms with Gasteiger partial charge in [-0.05, 0) is 30.2 Å². The van der Waals surface area contributed by atoms with E-state index in [1.807, 2.05) is 6.92 Å². The molecule has 3 heteroatoms. The van der Waals surface area contributed by atoms with Gasteiger partial charge in [-0.15, -0.1) is 0 Å². The molecule has 1 unspecified atom stereocenters. The van der Waals surface area contributed by atoms with E-state index >= 15 is 0 Å². The second-order valence-corrected chi connectivity index (χ2v) is 4.06. The Morgan fingerprint density at radius 1 is 1.35 bits per heavy atom. The zero-order valence-corrected chi connectivity index (χ0v) is 9.90. The lowest BCUT2D eigenvalue weighted by Crippen LogP contribution is -2.02. The number of rotatable bonds is 3. The molecule has 0 radical (unpaired) electrons. The minimum Gasteiger partial charge on any atom is -0.469 e. The molecule has 0 saturated carbocycles. The fourth-order valence-electron chi connectivity index (χ4n) is 1.90. The normalized spacial score (nSPS) is 12.7. The Morgan fingerprint density at radius 2 is 2.12 bits per heavy atom. The van der Waals surface area contributed by atoms with Crippen molar-refractivity contribution in [1.82, 2.24) is 0 Å². The van der Waals surface area contributed by atoms with Gasteiger partial charge in [-0.2, -0.15) is 0 Å². The Morgan fingerprint density at radius 3 is 2.76 bits per heavy atom. The monoisotopic (exact) mass is 234 g/mol. The van der Waals surface area contributed by atoms with Crippen LogP contribution >= 0.6 is 0 Å². The van der Waals surface area contributed by atoms with E-state index in [2.05, 4.69) is 0 Å². The van der Waals surface area contributed by atoms with Gasteiger partial charge in [-0.3, -0.25) is 0 Å². The van der Waals surface area contributed by atoms with E-state index in [0.717, 1.165) is 17.7 Å². The lowest BCUT2D eigenvalue weighted by molar-refractivity contribution is 0.217. The van der Waals surface area contributed by atoms with Crippen molar-refractivity contribution in [2.75, 3.05) is 0 Å². The Kier molecular flexibility index (Phi) is 3.29. The minimum absolute atomic E-state index is 0.260. The molecule has 0 bridgehead atoms. The van der Waals surface area contributed by atoms with Gasteiger partial charge in [0.05, 0.1) is 6.26 Å². The maximum absolute atomic E-state index is 13.1. The molecule has 90 valence electrons. The van der Waals surface area contributed by atoms with Gasteiger partial charge < -0.3 is 9.52 Å². The number of aliphatic hydroxyl groups excluding tert-OH is 1. The van der Waals surface area contributed by atoms with E-state index < -0.39 is 6.10 Å². The van der Waals surface area contributed by atoms with Crippen LogP contribution in [0.5, 0.6) is 0 Å². The highest BCUT2D eigenvalue weighted by Gasteiger charge is 2.16. The van der Waals surface area contributed by atoms with Crippen LogP contribution in [0.1, 0.15) is 35.5 Å². The van der Waals surface area contributed by atoms with Crippen molar-refractivity contribution < 1.29 is 13.9 Å². The predicted octanol–water partition coefficient (Wildman–Crippen LogP) is 3.37. The highest BCUT2D eigenvalue weighted by Crippen LogP contribution is 2.27. The van der Waals surface area contributed by atoms with Gasteiger partial charge in [0.25, 0.3) is 0 Å². The third-order valence-electron chi connectivity index (χ3n) is 2.89. The van der Waals surface area contributed by atoms with Crippen LogP contribution in [0, 0.1) is 12.7 Å². The van der Waals surface area contributed by atoms with Crippen LogP contribution in [-0.4, -0.2) is 5.11 Å². The summed E-state index contributed by atoms with van der Waals surface area (Å²) in [7, 11) is 0. The summed E-state index contributed by atoms with van der Waals surface area (Å²) in [5, 5.41) is 10.2. The third-order valence-corrected chi connectivity index (χ3v) is 2.89. The van der Waals surface area contributed by atoms with Crippen LogP contribution in [0.4, 0.5) is 4.39 Å². The number of benzene rings is 1. The summed E-state index contributed by atoms with van der Waals surface area (Å²) >= 11 is 0. The maximum atomic E-state index is 13.1. The van der Waals surface area contributed by atoms with Crippen LogP contribution < -0.4 is 0 Å². The standard InChI is InChI=1S/C14H15FO2/c1-3-13-11(6-7-17-13)14(16)10-4-5-12(15)9(2)8-10/h4-8,14,16H,3H2,1-2H3. The lowest BCUT2D eigenvalue weighted by Gasteiger charge is -2.11. The van der Waals surface area contributed by atoms with Crippen LogP contribution in [0.3, 0.4) is 0 Å². The summed E-state index contributed by atoms with van der Waals surface area (Å²) in [6.45, 7) is 3.65. The van der Waals surface area contributed by atoms with E-state index in [9.17, 15) is 9.50 Å². The van der Waals surface area contributed by atoms with Crippen molar-refractivity contribution in [3.63, 3.8) is 0 Å². The number of aliphatic hydroxyl groups is 1. The van der Waals surface area contributed by atoms with Gasteiger partial charge in [0, 0.05) is 12.0 Å². The number of aryl methyl sites for hydroxylation is 2. The molecule has 1 aromatic heterocycles. The first-order valence-electron chi connectivity index (χ1n) is 5.64. The molecule has 17 heavy (non-hydrogen) atoms. The Bertz CT molecular complexity index is 517. The average Bonchev–Trinajstić information content (AvgIpc) is 2.80. The van der Waals surface area contributed by atoms with Crippen molar-refractivity contribution in [2.45, 2.75) is 26.4 Å². The van der Waals surface area contributed by atoms with Crippen molar-refractivity contribution in [1.29, 1.82) is 0 Å². The first-order valence-corrected chi connectivity index (χ1v) is 5.64. The molecule has 0 saturated heterocycles. The highest BCUT2D eigenvalue weighted by molar-refractivity contribution is 5.34. The molecule has 0 fully saturated rings. The minimum atomic E-state index is -0.761. The molecule has 2 rings (SSSR count). The molecule has 0 aliphatic heterocycles. The molecule has 2 nitrogen and oxygen atoms in total. The molecule has 2 aromatic rings. The molecule has 1 heterocycles. The second kappa shape index (κ2) is 4.72. The van der Waals surface area contributed by atoms with Crippen molar-refractivity contribution in [2.24, 2.45) is 0 Å². The average molecular weight is 234 g/mol. The van der Waals surface area contributed by atoms with Crippen molar-refractivity contribution >= 4 is 0 Å². The zero-order valence-electron chi connectivity index (χ0n) is 9.90. The first-order chi connectivity index (χ1) is 8.13. The summed E-state index contributed by atoms with van der Waals surface area (Å²) in [5.41, 5.74) is 1.96. The summed E-state index contributed by atoms with van der Waals surface area (Å²) in [6, 6.07) is 6.38. The summed E-state index contributed by atoms with van der Waals surface area (Å²) in [4.78, 5) is 0. The molecule has 1 N–H and O–H groups in total. The van der Waals surface area contributed by atoms with Crippen LogP contribution in [0.15, 0.2) is 34.9 Å². The number of furan rings is 1. The first kappa shape index (κ1) is 11.9. The molecule has 0 aliphatic rings. The second-order valence-electron chi connectivity index (χ2n) is 4.06. The molecule has 1 atom stereocenters. The van der Waals surface area contributed by atoms with Crippen molar-refractivity contribution in [3.05, 3.63) is 58.8 Å². The molecular weight excluding hydrogens is 219 g/mol. The van der Waals surface area contributed by atoms with E-state index in [4.69, 9.17) is 4.42 Å². The summed E-state index contributed by atoms with van der Waals surface area (Å²) in [6.07, 6.45) is 1.52. The van der Waals surface area contributed by atoms with E-state index in [0.29, 0.717) is 11.1 Å².